The first-order chi connectivity index (χ1) is 2.91. The van der Waals surface area contributed by atoms with Crippen molar-refractivity contribution in [3.63, 3.8) is 0 Å². The molecule has 0 saturated heterocycles. The molecule has 0 spiro atoms. The molecule has 0 aliphatic rings. The molecule has 0 amide bonds. The Bertz CT molecular complexity index is 36.5. The second-order valence-corrected chi connectivity index (χ2v) is 2.93. The molecule has 0 saturated carbocycles. The van der Waals surface area contributed by atoms with Crippen molar-refractivity contribution < 1.29 is 4.79 Å². The molecule has 2 heteroatoms. The average Bonchev–Trinajstić information content (AvgIpc) is 1.61. The summed E-state index contributed by atoms with van der Waals surface area (Å²) >= 11 is -0.259. The van der Waals surface area contributed by atoms with Crippen LogP contribution in [0.4, 0.5) is 0 Å². The second-order valence-electron chi connectivity index (χ2n) is 1.31. The monoisotopic (exact) mass is 100 g/mol. The molecule has 0 aliphatic carbocycles. The van der Waals surface area contributed by atoms with Crippen molar-refractivity contribution in [3.8, 4) is 0 Å². The summed E-state index contributed by atoms with van der Waals surface area (Å²) in [4.78, 5) is 9.63. The third kappa shape index (κ3) is 4.20. The molecule has 0 fully saturated rings. The zero-order valence-corrected chi connectivity index (χ0v) is 5.52. The number of carbonyl (C=O) groups excluding carboxylic acids is 1. The van der Waals surface area contributed by atoms with E-state index in [9.17, 15) is 4.79 Å². The second kappa shape index (κ2) is 5.20. The van der Waals surface area contributed by atoms with Crippen molar-refractivity contribution in [1.82, 2.24) is 0 Å². The lowest BCUT2D eigenvalue weighted by atomic mass is 10.6. The highest BCUT2D eigenvalue weighted by molar-refractivity contribution is 6.66. The lowest BCUT2D eigenvalue weighted by molar-refractivity contribution is 0.568. The fourth-order valence-electron chi connectivity index (χ4n) is 0.287. The lowest BCUT2D eigenvalue weighted by Crippen LogP contribution is -1.86. The van der Waals surface area contributed by atoms with E-state index in [0.29, 0.717) is 0 Å². The van der Waals surface area contributed by atoms with Crippen LogP contribution in [0.15, 0.2) is 0 Å². The van der Waals surface area contributed by atoms with Crippen LogP contribution < -0.4 is 0 Å². The van der Waals surface area contributed by atoms with Gasteiger partial charge in [-0.05, 0) is 0 Å². The van der Waals surface area contributed by atoms with Crippen LogP contribution in [0.5, 0.6) is 0 Å². The molecule has 0 aliphatic heterocycles. The van der Waals surface area contributed by atoms with Gasteiger partial charge in [0.15, 0.2) is 0 Å². The molecule has 0 atom stereocenters. The average molecular weight is 100 g/mol. The first-order valence-corrected chi connectivity index (χ1v) is 4.17. The molecular formula is C4H9AlO. The summed E-state index contributed by atoms with van der Waals surface area (Å²) in [7, 11) is 0. The highest BCUT2D eigenvalue weighted by Gasteiger charge is 1.83. The maximum absolute atomic E-state index is 9.63. The Balaban J connectivity index is 2.49. The summed E-state index contributed by atoms with van der Waals surface area (Å²) in [6, 6.07) is 0. The normalized spacial score (nSPS) is 7.50. The van der Waals surface area contributed by atoms with Crippen LogP contribution in [0.3, 0.4) is 0 Å². The number of rotatable bonds is 3. The van der Waals surface area contributed by atoms with E-state index < -0.39 is 0 Å². The Morgan fingerprint density at radius 3 is 2.67 bits per heavy atom. The van der Waals surface area contributed by atoms with Gasteiger partial charge in [0, 0.05) is 5.15 Å². The largest absolute Gasteiger partial charge is 0.337 e. The minimum Gasteiger partial charge on any atom is -0.325 e. The quantitative estimate of drug-likeness (QED) is 0.286. The van der Waals surface area contributed by atoms with Crippen LogP contribution in [-0.4, -0.2) is 20.4 Å². The Kier molecular flexibility index (Phi) is 5.38. The Hall–Kier alpha value is 0.202. The van der Waals surface area contributed by atoms with Crippen molar-refractivity contribution in [2.45, 2.75) is 18.6 Å². The summed E-state index contributed by atoms with van der Waals surface area (Å²) in [6.07, 6.45) is 1.19. The zero-order valence-electron chi connectivity index (χ0n) is 4.11. The van der Waals surface area contributed by atoms with Gasteiger partial charge in [-0.2, -0.15) is 0 Å². The maximum Gasteiger partial charge on any atom is 0.337 e. The lowest BCUT2D eigenvalue weighted by Gasteiger charge is -1.74. The van der Waals surface area contributed by atoms with E-state index in [0.717, 1.165) is 5.15 Å². The summed E-state index contributed by atoms with van der Waals surface area (Å²) in [5, 5.41) is 2.28. The third-order valence-electron chi connectivity index (χ3n) is 0.676. The van der Waals surface area contributed by atoms with E-state index in [4.69, 9.17) is 0 Å². The van der Waals surface area contributed by atoms with Gasteiger partial charge in [-0.25, -0.2) is 0 Å². The smallest absolute Gasteiger partial charge is 0.325 e. The molecule has 1 nitrogen and oxygen atoms in total. The first-order valence-electron chi connectivity index (χ1n) is 2.35. The van der Waals surface area contributed by atoms with E-state index in [1.54, 1.807) is 0 Å². The third-order valence-corrected chi connectivity index (χ3v) is 2.03. The molecule has 0 N–H and O–H groups in total. The maximum atomic E-state index is 9.63. The van der Waals surface area contributed by atoms with E-state index in [-0.39, 0.29) is 15.2 Å². The molecule has 0 radical (unpaired) electrons. The number of hydrogen-bond donors (Lipinski definition) is 0. The van der Waals surface area contributed by atoms with Crippen LogP contribution in [0.2, 0.25) is 5.28 Å². The number of carbonyl (C=O) groups is 1. The molecule has 0 unspecified atom stereocenters. The van der Waals surface area contributed by atoms with Gasteiger partial charge in [0.2, 0.25) is 0 Å². The summed E-state index contributed by atoms with van der Waals surface area (Å²) < 4.78 is 0. The van der Waals surface area contributed by atoms with Crippen molar-refractivity contribution in [3.05, 3.63) is 0 Å². The standard InChI is InChI=1S/C3H7.CHO.Al.H/c1-3-2;1-2;;/h1,3H2,2H3;1H;;. The SMILES string of the molecule is CC[CH2][AlH][CH]=O. The molecular weight excluding hydrogens is 91.0 g/mol. The van der Waals surface area contributed by atoms with E-state index in [2.05, 4.69) is 6.92 Å². The predicted molar refractivity (Wildman–Crippen MR) is 29.0 cm³/mol. The van der Waals surface area contributed by atoms with E-state index in [1.165, 1.54) is 11.7 Å². The minimum atomic E-state index is -0.259. The van der Waals surface area contributed by atoms with E-state index >= 15 is 0 Å². The summed E-state index contributed by atoms with van der Waals surface area (Å²) in [5.41, 5.74) is 0. The molecule has 0 aromatic rings. The molecule has 0 aromatic carbocycles. The summed E-state index contributed by atoms with van der Waals surface area (Å²) in [6.45, 7) is 2.11. The van der Waals surface area contributed by atoms with Gasteiger partial charge in [-0.3, -0.25) is 0 Å². The molecule has 0 heterocycles. The fourth-order valence-corrected chi connectivity index (χ4v) is 0.862. The van der Waals surface area contributed by atoms with Gasteiger partial charge < -0.3 is 4.79 Å². The van der Waals surface area contributed by atoms with Crippen LogP contribution in [0, 0.1) is 0 Å². The van der Waals surface area contributed by atoms with Gasteiger partial charge in [-0.15, -0.1) is 0 Å². The Labute approximate surface area is 44.5 Å². The molecule has 0 bridgehead atoms. The zero-order chi connectivity index (χ0) is 4.83. The Morgan fingerprint density at radius 1 is 1.83 bits per heavy atom. The molecule has 0 aromatic heterocycles. The highest BCUT2D eigenvalue weighted by Crippen LogP contribution is 1.79. The van der Waals surface area contributed by atoms with Gasteiger partial charge in [0.25, 0.3) is 0 Å². The van der Waals surface area contributed by atoms with Gasteiger partial charge in [-0.1, -0.05) is 18.6 Å². The minimum absolute atomic E-state index is 0.259. The topological polar surface area (TPSA) is 17.1 Å². The molecule has 34 valence electrons. The summed E-state index contributed by atoms with van der Waals surface area (Å²) in [5.74, 6) is 0. The molecule has 6 heavy (non-hydrogen) atoms. The van der Waals surface area contributed by atoms with Crippen molar-refractivity contribution >= 4 is 20.4 Å². The van der Waals surface area contributed by atoms with Crippen molar-refractivity contribution in [1.29, 1.82) is 0 Å². The van der Waals surface area contributed by atoms with Crippen molar-refractivity contribution in [2.75, 3.05) is 0 Å². The Morgan fingerprint density at radius 2 is 2.50 bits per heavy atom. The predicted octanol–water partition coefficient (Wildman–Crippen LogP) is 0.441. The van der Waals surface area contributed by atoms with E-state index in [1.807, 2.05) is 0 Å². The van der Waals surface area contributed by atoms with Crippen molar-refractivity contribution in [2.24, 2.45) is 0 Å². The van der Waals surface area contributed by atoms with Crippen LogP contribution in [0.25, 0.3) is 0 Å². The van der Waals surface area contributed by atoms with Crippen LogP contribution in [-0.2, 0) is 4.79 Å². The van der Waals surface area contributed by atoms with Gasteiger partial charge >= 0.3 is 15.2 Å². The van der Waals surface area contributed by atoms with Crippen LogP contribution >= 0.6 is 0 Å². The fraction of sp³-hybridized carbons (Fsp3) is 0.750. The number of hydrogen-bond acceptors (Lipinski definition) is 1. The first kappa shape index (κ1) is 6.20. The van der Waals surface area contributed by atoms with Gasteiger partial charge in [0.1, 0.15) is 0 Å². The van der Waals surface area contributed by atoms with Gasteiger partial charge in [0.05, 0.1) is 0 Å². The highest BCUT2D eigenvalue weighted by atomic mass is 27.1. The van der Waals surface area contributed by atoms with Crippen LogP contribution in [0.1, 0.15) is 13.3 Å². The molecule has 0 rings (SSSR count).